The number of amides is 1. The molecule has 0 radical (unpaired) electrons. The Hall–Kier alpha value is -2.27. The van der Waals surface area contributed by atoms with E-state index in [1.165, 1.54) is 12.1 Å². The number of nitrogens with two attached hydrogens (primary N) is 1. The third-order valence-corrected chi connectivity index (χ3v) is 2.91. The molecule has 3 nitrogen and oxygen atoms in total. The SMILES string of the molecule is NC(CNC(=O)c1cccc(F)c1F)c1ccccc1. The van der Waals surface area contributed by atoms with Crippen LogP contribution in [-0.2, 0) is 0 Å². The lowest BCUT2D eigenvalue weighted by molar-refractivity contribution is 0.0946. The van der Waals surface area contributed by atoms with Gasteiger partial charge in [0, 0.05) is 12.6 Å². The van der Waals surface area contributed by atoms with E-state index < -0.39 is 23.6 Å². The van der Waals surface area contributed by atoms with Gasteiger partial charge in [-0.3, -0.25) is 4.79 Å². The Kier molecular flexibility index (Phi) is 4.42. The molecule has 2 aromatic carbocycles. The zero-order chi connectivity index (χ0) is 14.5. The fraction of sp³-hybridized carbons (Fsp3) is 0.133. The van der Waals surface area contributed by atoms with Crippen LogP contribution in [0.4, 0.5) is 8.78 Å². The minimum atomic E-state index is -1.15. The van der Waals surface area contributed by atoms with Crippen LogP contribution in [0.3, 0.4) is 0 Å². The van der Waals surface area contributed by atoms with Crippen molar-refractivity contribution in [3.05, 3.63) is 71.3 Å². The van der Waals surface area contributed by atoms with Gasteiger partial charge in [0.15, 0.2) is 11.6 Å². The van der Waals surface area contributed by atoms with Crippen LogP contribution in [0.25, 0.3) is 0 Å². The van der Waals surface area contributed by atoms with Gasteiger partial charge in [-0.1, -0.05) is 36.4 Å². The van der Waals surface area contributed by atoms with E-state index in [9.17, 15) is 13.6 Å². The van der Waals surface area contributed by atoms with Crippen LogP contribution in [0.5, 0.6) is 0 Å². The van der Waals surface area contributed by atoms with Crippen molar-refractivity contribution in [2.75, 3.05) is 6.54 Å². The molecule has 0 bridgehead atoms. The highest BCUT2D eigenvalue weighted by molar-refractivity contribution is 5.94. The van der Waals surface area contributed by atoms with Crippen LogP contribution in [0.1, 0.15) is 22.0 Å². The molecular formula is C15H14F2N2O. The second kappa shape index (κ2) is 6.25. The molecule has 1 unspecified atom stereocenters. The zero-order valence-electron chi connectivity index (χ0n) is 10.6. The molecule has 0 aliphatic heterocycles. The van der Waals surface area contributed by atoms with Gasteiger partial charge in [-0.15, -0.1) is 0 Å². The van der Waals surface area contributed by atoms with E-state index in [1.807, 2.05) is 30.3 Å². The number of nitrogens with one attached hydrogen (secondary N) is 1. The standard InChI is InChI=1S/C15H14F2N2O/c16-12-8-4-7-11(14(12)17)15(20)19-9-13(18)10-5-2-1-3-6-10/h1-8,13H,9,18H2,(H,19,20). The maximum absolute atomic E-state index is 13.4. The van der Waals surface area contributed by atoms with E-state index in [2.05, 4.69) is 5.32 Å². The van der Waals surface area contributed by atoms with Crippen molar-refractivity contribution in [2.45, 2.75) is 6.04 Å². The van der Waals surface area contributed by atoms with Crippen LogP contribution < -0.4 is 11.1 Å². The third-order valence-electron chi connectivity index (χ3n) is 2.91. The van der Waals surface area contributed by atoms with Gasteiger partial charge in [-0.25, -0.2) is 8.78 Å². The molecule has 1 amide bonds. The average molecular weight is 276 g/mol. The molecule has 0 aliphatic carbocycles. The van der Waals surface area contributed by atoms with Crippen molar-refractivity contribution in [3.8, 4) is 0 Å². The summed E-state index contributed by atoms with van der Waals surface area (Å²) in [4.78, 5) is 11.8. The van der Waals surface area contributed by atoms with E-state index in [0.29, 0.717) is 0 Å². The van der Waals surface area contributed by atoms with Crippen molar-refractivity contribution >= 4 is 5.91 Å². The van der Waals surface area contributed by atoms with E-state index in [4.69, 9.17) is 5.73 Å². The molecule has 2 aromatic rings. The predicted octanol–water partition coefficient (Wildman–Crippen LogP) is 2.39. The highest BCUT2D eigenvalue weighted by Crippen LogP contribution is 2.12. The molecule has 3 N–H and O–H groups in total. The van der Waals surface area contributed by atoms with Gasteiger partial charge < -0.3 is 11.1 Å². The lowest BCUT2D eigenvalue weighted by Gasteiger charge is -2.13. The van der Waals surface area contributed by atoms with Crippen LogP contribution >= 0.6 is 0 Å². The fourth-order valence-corrected chi connectivity index (χ4v) is 1.80. The summed E-state index contributed by atoms with van der Waals surface area (Å²) in [6.07, 6.45) is 0. The molecule has 0 fully saturated rings. The summed E-state index contributed by atoms with van der Waals surface area (Å²) in [5.74, 6) is -2.89. The zero-order valence-corrected chi connectivity index (χ0v) is 10.6. The minimum Gasteiger partial charge on any atom is -0.350 e. The number of hydrogen-bond acceptors (Lipinski definition) is 2. The molecule has 0 aromatic heterocycles. The molecule has 0 saturated heterocycles. The molecule has 0 spiro atoms. The number of rotatable bonds is 4. The summed E-state index contributed by atoms with van der Waals surface area (Å²) in [5.41, 5.74) is 6.43. The number of carbonyl (C=O) groups excluding carboxylic acids is 1. The number of benzene rings is 2. The molecule has 1 atom stereocenters. The van der Waals surface area contributed by atoms with Crippen molar-refractivity contribution < 1.29 is 13.6 Å². The first-order valence-corrected chi connectivity index (χ1v) is 6.12. The third kappa shape index (κ3) is 3.19. The van der Waals surface area contributed by atoms with Crippen molar-refractivity contribution in [2.24, 2.45) is 5.73 Å². The molecule has 0 saturated carbocycles. The van der Waals surface area contributed by atoms with Crippen LogP contribution in [0.15, 0.2) is 48.5 Å². The van der Waals surface area contributed by atoms with E-state index in [0.717, 1.165) is 11.6 Å². The quantitative estimate of drug-likeness (QED) is 0.901. The summed E-state index contributed by atoms with van der Waals surface area (Å²) in [6, 6.07) is 12.3. The van der Waals surface area contributed by atoms with Gasteiger partial charge in [0.1, 0.15) is 0 Å². The van der Waals surface area contributed by atoms with Gasteiger partial charge in [0.25, 0.3) is 5.91 Å². The fourth-order valence-electron chi connectivity index (χ4n) is 1.80. The molecule has 104 valence electrons. The summed E-state index contributed by atoms with van der Waals surface area (Å²) in [7, 11) is 0. The number of halogens is 2. The molecular weight excluding hydrogens is 262 g/mol. The first-order chi connectivity index (χ1) is 9.59. The average Bonchev–Trinajstić information content (AvgIpc) is 2.48. The molecule has 5 heteroatoms. The van der Waals surface area contributed by atoms with Crippen LogP contribution in [0, 0.1) is 11.6 Å². The molecule has 2 rings (SSSR count). The summed E-state index contributed by atoms with van der Waals surface area (Å²) in [5, 5.41) is 2.49. The van der Waals surface area contributed by atoms with Gasteiger partial charge in [-0.2, -0.15) is 0 Å². The second-order valence-corrected chi connectivity index (χ2v) is 4.33. The maximum Gasteiger partial charge on any atom is 0.254 e. The highest BCUT2D eigenvalue weighted by atomic mass is 19.2. The summed E-state index contributed by atoms with van der Waals surface area (Å²) in [6.45, 7) is 0.138. The van der Waals surface area contributed by atoms with E-state index in [1.54, 1.807) is 0 Å². The Balaban J connectivity index is 2.01. The topological polar surface area (TPSA) is 55.1 Å². The first kappa shape index (κ1) is 14.1. The second-order valence-electron chi connectivity index (χ2n) is 4.33. The van der Waals surface area contributed by atoms with E-state index >= 15 is 0 Å². The minimum absolute atomic E-state index is 0.138. The number of carbonyl (C=O) groups is 1. The van der Waals surface area contributed by atoms with Crippen LogP contribution in [-0.4, -0.2) is 12.5 Å². The number of hydrogen-bond donors (Lipinski definition) is 2. The van der Waals surface area contributed by atoms with Crippen LogP contribution in [0.2, 0.25) is 0 Å². The lowest BCUT2D eigenvalue weighted by Crippen LogP contribution is -2.32. The summed E-state index contributed by atoms with van der Waals surface area (Å²) >= 11 is 0. The molecule has 20 heavy (non-hydrogen) atoms. The maximum atomic E-state index is 13.4. The lowest BCUT2D eigenvalue weighted by atomic mass is 10.1. The Bertz CT molecular complexity index is 602. The Labute approximate surface area is 115 Å². The first-order valence-electron chi connectivity index (χ1n) is 6.12. The van der Waals surface area contributed by atoms with Gasteiger partial charge in [0.2, 0.25) is 0 Å². The van der Waals surface area contributed by atoms with Gasteiger partial charge in [0.05, 0.1) is 5.56 Å². The van der Waals surface area contributed by atoms with E-state index in [-0.39, 0.29) is 12.1 Å². The molecule has 0 aliphatic rings. The Morgan fingerprint density at radius 3 is 2.50 bits per heavy atom. The predicted molar refractivity (Wildman–Crippen MR) is 72.1 cm³/mol. The smallest absolute Gasteiger partial charge is 0.254 e. The normalized spacial score (nSPS) is 11.9. The highest BCUT2D eigenvalue weighted by Gasteiger charge is 2.15. The van der Waals surface area contributed by atoms with Gasteiger partial charge >= 0.3 is 0 Å². The van der Waals surface area contributed by atoms with Gasteiger partial charge in [-0.05, 0) is 17.7 Å². The summed E-state index contributed by atoms with van der Waals surface area (Å²) < 4.78 is 26.5. The largest absolute Gasteiger partial charge is 0.350 e. The van der Waals surface area contributed by atoms with Crippen molar-refractivity contribution in [1.29, 1.82) is 0 Å². The Morgan fingerprint density at radius 1 is 1.10 bits per heavy atom. The molecule has 0 heterocycles. The monoisotopic (exact) mass is 276 g/mol. The van der Waals surface area contributed by atoms with Crippen molar-refractivity contribution in [3.63, 3.8) is 0 Å². The Morgan fingerprint density at radius 2 is 1.80 bits per heavy atom. The van der Waals surface area contributed by atoms with Crippen molar-refractivity contribution in [1.82, 2.24) is 5.32 Å².